The van der Waals surface area contributed by atoms with Gasteiger partial charge in [-0.3, -0.25) is 4.91 Å². The van der Waals surface area contributed by atoms with Crippen LogP contribution in [-0.4, -0.2) is 58.5 Å². The third-order valence-electron chi connectivity index (χ3n) is 5.01. The maximum Gasteiger partial charge on any atom is 1.00 e. The fourth-order valence-electron chi connectivity index (χ4n) is 2.90. The van der Waals surface area contributed by atoms with E-state index in [-0.39, 0.29) is 57.3 Å². The predicted molar refractivity (Wildman–Crippen MR) is 117 cm³/mol. The number of nitrogens with zero attached hydrogens (tertiary/aromatic N) is 9. The Morgan fingerprint density at radius 3 is 1.05 bits per heavy atom. The van der Waals surface area contributed by atoms with E-state index in [4.69, 9.17) is 22.1 Å². The second kappa shape index (κ2) is 15.4. The van der Waals surface area contributed by atoms with Gasteiger partial charge in [0.2, 0.25) is 5.92 Å². The van der Waals surface area contributed by atoms with Crippen LogP contribution < -0.4 is 29.6 Å². The topological polar surface area (TPSA) is 156 Å². The van der Waals surface area contributed by atoms with Crippen LogP contribution in [0.15, 0.2) is 10.2 Å². The maximum atomic E-state index is 14.0. The van der Waals surface area contributed by atoms with Gasteiger partial charge in [0.25, 0.3) is 5.79 Å². The fourth-order valence-corrected chi connectivity index (χ4v) is 2.90. The van der Waals surface area contributed by atoms with Gasteiger partial charge < -0.3 is 11.1 Å². The molecule has 9 nitrogen and oxygen atoms in total. The molecule has 0 spiro atoms. The van der Waals surface area contributed by atoms with Crippen LogP contribution in [0.25, 0.3) is 36.9 Å². The summed E-state index contributed by atoms with van der Waals surface area (Å²) in [7, 11) is 0. The van der Waals surface area contributed by atoms with E-state index in [9.17, 15) is 70.2 Å². The smallest absolute Gasteiger partial charge is 0.373 e. The van der Waals surface area contributed by atoms with Crippen LogP contribution in [0.4, 0.5) is 70.2 Å². The Labute approximate surface area is 259 Å². The summed E-state index contributed by atoms with van der Waals surface area (Å²) in [6.07, 6.45) is -4.29. The molecule has 0 rings (SSSR count). The number of halogens is 16. The predicted octanol–water partition coefficient (Wildman–Crippen LogP) is 7.92. The zero-order valence-corrected chi connectivity index (χ0v) is 25.5. The van der Waals surface area contributed by atoms with Crippen molar-refractivity contribution in [2.45, 2.75) is 113 Å². The van der Waals surface area contributed by atoms with Crippen molar-refractivity contribution in [3.63, 3.8) is 0 Å². The van der Waals surface area contributed by atoms with Gasteiger partial charge in [-0.2, -0.15) is 43.9 Å². The first-order valence-corrected chi connectivity index (χ1v) is 10.6. The molecule has 0 aromatic carbocycles. The largest absolute Gasteiger partial charge is 1.00 e. The number of hydrogen-bond donors (Lipinski definition) is 0. The van der Waals surface area contributed by atoms with Crippen LogP contribution in [-0.2, 0) is 0 Å². The minimum atomic E-state index is -6.09. The average Bonchev–Trinajstić information content (AvgIpc) is 2.70. The molecule has 44 heavy (non-hydrogen) atoms. The molecule has 0 amide bonds. The van der Waals surface area contributed by atoms with Crippen LogP contribution in [0.3, 0.4) is 0 Å². The second-order valence-electron chi connectivity index (χ2n) is 9.57. The monoisotopic (exact) mass is 691 g/mol. The van der Waals surface area contributed by atoms with Crippen LogP contribution in [0.5, 0.6) is 0 Å². The molecule has 0 aromatic heterocycles. The molecule has 0 fully saturated rings. The molecule has 0 radical (unpaired) electrons. The Morgan fingerprint density at radius 2 is 0.773 bits per heavy atom. The zero-order chi connectivity index (χ0) is 35.9. The molecule has 252 valence electrons. The van der Waals surface area contributed by atoms with E-state index in [0.29, 0.717) is 6.92 Å². The van der Waals surface area contributed by atoms with E-state index in [1.807, 2.05) is 10.0 Å². The van der Waals surface area contributed by atoms with Crippen molar-refractivity contribution < 1.29 is 99.8 Å². The molecule has 26 heteroatoms. The van der Waals surface area contributed by atoms with E-state index < -0.39 is 78.2 Å². The first-order valence-electron chi connectivity index (χ1n) is 10.6. The van der Waals surface area contributed by atoms with Gasteiger partial charge in [-0.25, -0.2) is 26.3 Å². The standard InChI is InChI=1S/C9H11F9.C9H11F7N6.N3.Na/c1-5(10,4-6(2,11)12)8(15,16)9(17,18)7(3,13)14;1-5(10,4-6(2,11)19-21-17)8(13,14)9(15,16)7(3,12)20-22-18;1-3-2;/h4H2,1-3H3;4H2,1-3H3;;/q;;-1;+1. The van der Waals surface area contributed by atoms with Gasteiger partial charge >= 0.3 is 59.2 Å². The molecular weight excluding hydrogens is 669 g/mol. The number of hydrogen-bond acceptors (Lipinski definition) is 2. The summed E-state index contributed by atoms with van der Waals surface area (Å²) in [6.45, 7) is -0.703. The number of rotatable bonds is 12. The minimum Gasteiger partial charge on any atom is -0.373 e. The van der Waals surface area contributed by atoms with Crippen molar-refractivity contribution in [3.05, 3.63) is 36.9 Å². The third kappa shape index (κ3) is 11.6. The van der Waals surface area contributed by atoms with Gasteiger partial charge in [-0.15, -0.1) is 0 Å². The Morgan fingerprint density at radius 1 is 0.477 bits per heavy atom. The first kappa shape index (κ1) is 48.7. The van der Waals surface area contributed by atoms with E-state index in [2.05, 4.69) is 5.11 Å². The van der Waals surface area contributed by atoms with Gasteiger partial charge in [-0.1, -0.05) is 5.11 Å². The summed E-state index contributed by atoms with van der Waals surface area (Å²) < 4.78 is 210. The summed E-state index contributed by atoms with van der Waals surface area (Å²) in [6, 6.07) is 0. The van der Waals surface area contributed by atoms with Gasteiger partial charge in [0.05, 0.1) is 6.42 Å². The molecule has 0 aromatic rings. The van der Waals surface area contributed by atoms with Gasteiger partial charge in [-0.05, 0) is 50.8 Å². The average molecular weight is 691 g/mol. The summed E-state index contributed by atoms with van der Waals surface area (Å²) in [5, 5.41) is 4.24. The number of azide groups is 2. The van der Waals surface area contributed by atoms with E-state index in [1.54, 1.807) is 4.91 Å². The Kier molecular flexibility index (Phi) is 17.0. The maximum absolute atomic E-state index is 14.0. The van der Waals surface area contributed by atoms with Gasteiger partial charge in [0.15, 0.2) is 17.1 Å². The SMILES string of the molecule is CC(F)(CC(C)(F)C(F)(F)C(F)(F)C(C)(F)N=[N+]=[N-])N=[N+]=[N-].CC(F)(F)CC(C)(F)C(F)(F)C(F)(F)C(C)(F)F.[N-]=[N+]=[N-].[Na+]. The van der Waals surface area contributed by atoms with E-state index in [0.717, 1.165) is 0 Å². The van der Waals surface area contributed by atoms with Crippen LogP contribution in [0.2, 0.25) is 0 Å². The normalized spacial score (nSPS) is 18.1. The van der Waals surface area contributed by atoms with Gasteiger partial charge in [0, 0.05) is 23.2 Å². The molecular formula is C18H22F16N9Na. The van der Waals surface area contributed by atoms with Gasteiger partial charge in [0.1, 0.15) is 0 Å². The molecule has 0 bridgehead atoms. The molecule has 0 aliphatic rings. The van der Waals surface area contributed by atoms with Crippen molar-refractivity contribution in [1.82, 2.24) is 0 Å². The summed E-state index contributed by atoms with van der Waals surface area (Å²) >= 11 is 0. The fraction of sp³-hybridized carbons (Fsp3) is 1.00. The third-order valence-corrected chi connectivity index (χ3v) is 5.01. The van der Waals surface area contributed by atoms with Crippen molar-refractivity contribution >= 4 is 0 Å². The minimum absolute atomic E-state index is 0. The quantitative estimate of drug-likeness (QED) is 0.0487. The summed E-state index contributed by atoms with van der Waals surface area (Å²) in [5.74, 6) is -40.7. The van der Waals surface area contributed by atoms with Crippen molar-refractivity contribution in [1.29, 1.82) is 0 Å². The molecule has 0 saturated heterocycles. The molecule has 0 aliphatic carbocycles. The molecule has 4 unspecified atom stereocenters. The van der Waals surface area contributed by atoms with Crippen LogP contribution in [0.1, 0.15) is 54.4 Å². The van der Waals surface area contributed by atoms with Crippen molar-refractivity contribution in [2.75, 3.05) is 0 Å². The zero-order valence-electron chi connectivity index (χ0n) is 23.5. The molecule has 0 heterocycles. The number of alkyl halides is 16. The molecule has 4 atom stereocenters. The van der Waals surface area contributed by atoms with Crippen molar-refractivity contribution in [2.24, 2.45) is 10.2 Å². The van der Waals surface area contributed by atoms with Crippen LogP contribution in [0, 0.1) is 0 Å². The first-order chi connectivity index (χ1) is 18.4. The Hall–Kier alpha value is -2.19. The summed E-state index contributed by atoms with van der Waals surface area (Å²) in [5.41, 5.74) is 20.6. The van der Waals surface area contributed by atoms with E-state index >= 15 is 0 Å². The molecule has 0 saturated carbocycles. The molecule has 0 N–H and O–H groups in total. The van der Waals surface area contributed by atoms with E-state index in [1.165, 1.54) is 4.91 Å². The van der Waals surface area contributed by atoms with Crippen LogP contribution >= 0.6 is 0 Å². The Balaban J connectivity index is -0.000000331. The Bertz CT molecular complexity index is 1070. The second-order valence-corrected chi connectivity index (χ2v) is 9.57. The van der Waals surface area contributed by atoms with Crippen molar-refractivity contribution in [3.8, 4) is 0 Å². The molecule has 0 aliphatic heterocycles. The summed E-state index contributed by atoms with van der Waals surface area (Å²) in [4.78, 5) is 5.07.